The van der Waals surface area contributed by atoms with Gasteiger partial charge in [-0.25, -0.2) is 0 Å². The number of hydrogen-bond acceptors (Lipinski definition) is 3. The Kier molecular flexibility index (Phi) is 5.83. The van der Waals surface area contributed by atoms with E-state index < -0.39 is 0 Å². The zero-order chi connectivity index (χ0) is 14.6. The summed E-state index contributed by atoms with van der Waals surface area (Å²) in [4.78, 5) is 2.25. The molecule has 0 aliphatic heterocycles. The number of rotatable bonds is 6. The van der Waals surface area contributed by atoms with Gasteiger partial charge in [0, 0.05) is 12.1 Å². The molecule has 1 aromatic rings. The van der Waals surface area contributed by atoms with E-state index in [0.29, 0.717) is 6.04 Å². The lowest BCUT2D eigenvalue weighted by molar-refractivity contribution is 0.279. The number of hydrogen-bond donors (Lipinski definition) is 1. The Balaban J connectivity index is 3.32. The van der Waals surface area contributed by atoms with Crippen LogP contribution in [0.4, 0.5) is 0 Å². The minimum Gasteiger partial charge on any atom is -0.496 e. The molecule has 19 heavy (non-hydrogen) atoms. The lowest BCUT2D eigenvalue weighted by atomic mass is 9.93. The monoisotopic (exact) mass is 264 g/mol. The van der Waals surface area contributed by atoms with Gasteiger partial charge in [-0.1, -0.05) is 13.0 Å². The summed E-state index contributed by atoms with van der Waals surface area (Å²) in [5, 5.41) is 3.44. The van der Waals surface area contributed by atoms with Crippen LogP contribution in [0.5, 0.6) is 5.75 Å². The van der Waals surface area contributed by atoms with Crippen molar-refractivity contribution in [2.45, 2.75) is 33.7 Å². The molecular formula is C16H28N2O. The van der Waals surface area contributed by atoms with Crippen LogP contribution in [0, 0.1) is 20.8 Å². The van der Waals surface area contributed by atoms with Gasteiger partial charge in [-0.05, 0) is 58.1 Å². The fourth-order valence-electron chi connectivity index (χ4n) is 2.57. The van der Waals surface area contributed by atoms with Gasteiger partial charge in [0.05, 0.1) is 13.2 Å². The Hall–Kier alpha value is -1.06. The van der Waals surface area contributed by atoms with E-state index in [4.69, 9.17) is 4.74 Å². The van der Waals surface area contributed by atoms with Crippen molar-refractivity contribution in [1.82, 2.24) is 10.2 Å². The molecule has 0 radical (unpaired) electrons. The van der Waals surface area contributed by atoms with Gasteiger partial charge in [0.1, 0.15) is 5.75 Å². The second kappa shape index (κ2) is 6.92. The summed E-state index contributed by atoms with van der Waals surface area (Å²) in [6.45, 7) is 10.5. The highest BCUT2D eigenvalue weighted by Gasteiger charge is 2.22. The van der Waals surface area contributed by atoms with Gasteiger partial charge in [0.25, 0.3) is 0 Å². The Morgan fingerprint density at radius 1 is 1.21 bits per heavy atom. The molecule has 1 N–H and O–H groups in total. The minimum atomic E-state index is 0.328. The molecule has 0 aliphatic carbocycles. The van der Waals surface area contributed by atoms with Crippen LogP contribution in [0.1, 0.15) is 35.2 Å². The van der Waals surface area contributed by atoms with E-state index in [1.54, 1.807) is 7.11 Å². The van der Waals surface area contributed by atoms with Crippen LogP contribution < -0.4 is 10.1 Å². The molecule has 1 atom stereocenters. The van der Waals surface area contributed by atoms with E-state index in [2.05, 4.69) is 58.1 Å². The van der Waals surface area contributed by atoms with Gasteiger partial charge in [-0.3, -0.25) is 0 Å². The fourth-order valence-corrected chi connectivity index (χ4v) is 2.57. The first-order chi connectivity index (χ1) is 8.93. The maximum absolute atomic E-state index is 5.69. The van der Waals surface area contributed by atoms with Crippen LogP contribution in [-0.2, 0) is 0 Å². The maximum Gasteiger partial charge on any atom is 0.127 e. The summed E-state index contributed by atoms with van der Waals surface area (Å²) in [5.74, 6) is 1.04. The van der Waals surface area contributed by atoms with Crippen LogP contribution in [0.25, 0.3) is 0 Å². The largest absolute Gasteiger partial charge is 0.496 e. The summed E-state index contributed by atoms with van der Waals surface area (Å²) in [7, 11) is 6.01. The number of aryl methyl sites for hydroxylation is 2. The Bertz CT molecular complexity index is 427. The normalized spacial score (nSPS) is 12.8. The third-order valence-electron chi connectivity index (χ3n) is 3.78. The number of likely N-dealkylation sites (N-methyl/N-ethyl adjacent to an activating group) is 2. The minimum absolute atomic E-state index is 0.328. The molecule has 0 spiro atoms. The second-order valence-corrected chi connectivity index (χ2v) is 5.37. The third kappa shape index (κ3) is 3.48. The zero-order valence-electron chi connectivity index (χ0n) is 13.4. The summed E-state index contributed by atoms with van der Waals surface area (Å²) in [6.07, 6.45) is 0. The highest BCUT2D eigenvalue weighted by molar-refractivity contribution is 5.51. The Labute approximate surface area is 118 Å². The maximum atomic E-state index is 5.69. The second-order valence-electron chi connectivity index (χ2n) is 5.37. The summed E-state index contributed by atoms with van der Waals surface area (Å²) in [6, 6.07) is 2.59. The van der Waals surface area contributed by atoms with Crippen LogP contribution >= 0.6 is 0 Å². The predicted molar refractivity (Wildman–Crippen MR) is 82.2 cm³/mol. The predicted octanol–water partition coefficient (Wildman–Crippen LogP) is 2.83. The molecule has 1 unspecified atom stereocenters. The number of nitrogens with zero attached hydrogens (tertiary/aromatic N) is 1. The van der Waals surface area contributed by atoms with Crippen molar-refractivity contribution < 1.29 is 4.74 Å². The first kappa shape index (κ1) is 16.0. The molecule has 1 aromatic carbocycles. The molecule has 0 saturated heterocycles. The van der Waals surface area contributed by atoms with Crippen LogP contribution in [0.2, 0.25) is 0 Å². The molecule has 0 aliphatic rings. The number of nitrogens with one attached hydrogen (secondary N) is 1. The molecule has 0 heterocycles. The lowest BCUT2D eigenvalue weighted by Crippen LogP contribution is -2.32. The van der Waals surface area contributed by atoms with Crippen LogP contribution in [0.15, 0.2) is 6.07 Å². The van der Waals surface area contributed by atoms with E-state index >= 15 is 0 Å². The average molecular weight is 264 g/mol. The van der Waals surface area contributed by atoms with Gasteiger partial charge in [0.2, 0.25) is 0 Å². The topological polar surface area (TPSA) is 24.5 Å². The van der Waals surface area contributed by atoms with E-state index in [0.717, 1.165) is 18.8 Å². The van der Waals surface area contributed by atoms with Crippen molar-refractivity contribution in [2.24, 2.45) is 0 Å². The first-order valence-corrected chi connectivity index (χ1v) is 6.95. The number of ether oxygens (including phenoxy) is 1. The van der Waals surface area contributed by atoms with Crippen LogP contribution in [0.3, 0.4) is 0 Å². The first-order valence-electron chi connectivity index (χ1n) is 6.95. The summed E-state index contributed by atoms with van der Waals surface area (Å²) < 4.78 is 5.69. The van der Waals surface area contributed by atoms with Crippen molar-refractivity contribution in [2.75, 3.05) is 34.3 Å². The smallest absolute Gasteiger partial charge is 0.127 e. The average Bonchev–Trinajstić information content (AvgIpc) is 2.35. The number of methoxy groups -OCH3 is 1. The highest BCUT2D eigenvalue weighted by Crippen LogP contribution is 2.35. The molecule has 1 rings (SSSR count). The third-order valence-corrected chi connectivity index (χ3v) is 3.78. The Morgan fingerprint density at radius 3 is 2.32 bits per heavy atom. The van der Waals surface area contributed by atoms with E-state index in [9.17, 15) is 0 Å². The quantitative estimate of drug-likeness (QED) is 0.855. The van der Waals surface area contributed by atoms with Gasteiger partial charge < -0.3 is 15.0 Å². The van der Waals surface area contributed by atoms with Crippen molar-refractivity contribution in [1.29, 1.82) is 0 Å². The molecule has 0 aromatic heterocycles. The van der Waals surface area contributed by atoms with Crippen molar-refractivity contribution in [3.05, 3.63) is 28.3 Å². The molecule has 0 fully saturated rings. The fraction of sp³-hybridized carbons (Fsp3) is 0.625. The number of benzene rings is 1. The van der Waals surface area contributed by atoms with E-state index in [1.165, 1.54) is 22.3 Å². The van der Waals surface area contributed by atoms with Crippen molar-refractivity contribution in [3.8, 4) is 5.75 Å². The highest BCUT2D eigenvalue weighted by atomic mass is 16.5. The standard InChI is InChI=1S/C16H28N2O/c1-8-17-10-14(18(5)6)15-12(3)9-11(2)13(4)16(15)19-7/h9,14,17H,8,10H2,1-7H3. The van der Waals surface area contributed by atoms with E-state index in [1.807, 2.05) is 0 Å². The molecule has 0 bridgehead atoms. The molecule has 0 saturated carbocycles. The SMILES string of the molecule is CCNCC(c1c(C)cc(C)c(C)c1OC)N(C)C. The van der Waals surface area contributed by atoms with E-state index in [-0.39, 0.29) is 0 Å². The van der Waals surface area contributed by atoms with Crippen molar-refractivity contribution >= 4 is 0 Å². The molecular weight excluding hydrogens is 236 g/mol. The molecule has 3 heteroatoms. The summed E-state index contributed by atoms with van der Waals surface area (Å²) >= 11 is 0. The van der Waals surface area contributed by atoms with Gasteiger partial charge in [0.15, 0.2) is 0 Å². The zero-order valence-corrected chi connectivity index (χ0v) is 13.4. The van der Waals surface area contributed by atoms with Gasteiger partial charge in [-0.15, -0.1) is 0 Å². The van der Waals surface area contributed by atoms with Gasteiger partial charge in [-0.2, -0.15) is 0 Å². The molecule has 0 amide bonds. The molecule has 3 nitrogen and oxygen atoms in total. The van der Waals surface area contributed by atoms with Gasteiger partial charge >= 0.3 is 0 Å². The summed E-state index contributed by atoms with van der Waals surface area (Å²) in [5.41, 5.74) is 5.14. The van der Waals surface area contributed by atoms with Crippen LogP contribution in [-0.4, -0.2) is 39.2 Å². The van der Waals surface area contributed by atoms with Crippen molar-refractivity contribution in [3.63, 3.8) is 0 Å². The Morgan fingerprint density at radius 2 is 1.84 bits per heavy atom. The molecule has 108 valence electrons. The lowest BCUT2D eigenvalue weighted by Gasteiger charge is -2.29.